The Morgan fingerprint density at radius 1 is 1.03 bits per heavy atom. The summed E-state index contributed by atoms with van der Waals surface area (Å²) in [5.41, 5.74) is 1.10. The number of rotatable bonds is 12. The Kier molecular flexibility index (Phi) is 10.4. The zero-order valence-electron chi connectivity index (χ0n) is 20.8. The van der Waals surface area contributed by atoms with Crippen molar-refractivity contribution in [3.63, 3.8) is 0 Å². The van der Waals surface area contributed by atoms with Crippen LogP contribution in [0.2, 0.25) is 5.02 Å². The first-order valence-electron chi connectivity index (χ1n) is 11.5. The molecule has 0 bridgehead atoms. The molecule has 8 nitrogen and oxygen atoms in total. The van der Waals surface area contributed by atoms with E-state index in [0.29, 0.717) is 22.9 Å². The molecule has 10 heteroatoms. The maximum Gasteiger partial charge on any atom is 0.244 e. The summed E-state index contributed by atoms with van der Waals surface area (Å²) >= 11 is 5.95. The minimum absolute atomic E-state index is 0.0592. The van der Waals surface area contributed by atoms with Gasteiger partial charge in [-0.1, -0.05) is 37.6 Å². The van der Waals surface area contributed by atoms with Gasteiger partial charge in [-0.25, -0.2) is 8.42 Å². The van der Waals surface area contributed by atoms with Crippen molar-refractivity contribution in [3.8, 4) is 5.75 Å². The fraction of sp³-hybridized carbons (Fsp3) is 0.440. The highest BCUT2D eigenvalue weighted by atomic mass is 35.5. The third kappa shape index (κ3) is 8.14. The standard InChI is InChI=1S/C25H34ClN3O5S/c1-6-18(3)27-25(31)23(7-2)28(16-19-8-14-22(34-4)15-9-19)24(30)17-29(35(5,32)33)21-12-10-20(26)11-13-21/h8-15,18,23H,6-7,16-17H2,1-5H3,(H,27,31). The Hall–Kier alpha value is -2.78. The molecular formula is C25H34ClN3O5S. The Balaban J connectivity index is 2.42. The van der Waals surface area contributed by atoms with Gasteiger partial charge in [0.05, 0.1) is 19.1 Å². The molecule has 2 aromatic rings. The van der Waals surface area contributed by atoms with Gasteiger partial charge in [-0.2, -0.15) is 0 Å². The van der Waals surface area contributed by atoms with Crippen molar-refractivity contribution in [2.45, 2.75) is 52.2 Å². The average molecular weight is 524 g/mol. The molecule has 2 aromatic carbocycles. The van der Waals surface area contributed by atoms with Crippen molar-refractivity contribution < 1.29 is 22.7 Å². The molecule has 0 heterocycles. The summed E-state index contributed by atoms with van der Waals surface area (Å²) in [6.07, 6.45) is 2.15. The molecule has 192 valence electrons. The molecule has 2 atom stereocenters. The second-order valence-corrected chi connectivity index (χ2v) is 10.7. The minimum atomic E-state index is -3.79. The quantitative estimate of drug-likeness (QED) is 0.456. The smallest absolute Gasteiger partial charge is 0.244 e. The van der Waals surface area contributed by atoms with E-state index in [1.54, 1.807) is 31.4 Å². The first kappa shape index (κ1) is 28.5. The number of carbonyl (C=O) groups excluding carboxylic acids is 2. The molecule has 0 saturated heterocycles. The van der Waals surface area contributed by atoms with Crippen LogP contribution >= 0.6 is 11.6 Å². The summed E-state index contributed by atoms with van der Waals surface area (Å²) in [4.78, 5) is 28.2. The number of benzene rings is 2. The van der Waals surface area contributed by atoms with Gasteiger partial charge in [0, 0.05) is 17.6 Å². The molecule has 0 aliphatic rings. The van der Waals surface area contributed by atoms with Gasteiger partial charge >= 0.3 is 0 Å². The zero-order chi connectivity index (χ0) is 26.2. The fourth-order valence-electron chi connectivity index (χ4n) is 3.51. The van der Waals surface area contributed by atoms with Gasteiger partial charge < -0.3 is 15.0 Å². The predicted octanol–water partition coefficient (Wildman–Crippen LogP) is 3.84. The number of nitrogens with zero attached hydrogens (tertiary/aromatic N) is 2. The van der Waals surface area contributed by atoms with Gasteiger partial charge in [-0.3, -0.25) is 13.9 Å². The van der Waals surface area contributed by atoms with Gasteiger partial charge in [0.1, 0.15) is 18.3 Å². The van der Waals surface area contributed by atoms with E-state index in [0.717, 1.165) is 22.5 Å². The van der Waals surface area contributed by atoms with Gasteiger partial charge in [0.25, 0.3) is 0 Å². The molecule has 0 fully saturated rings. The van der Waals surface area contributed by atoms with E-state index in [1.165, 1.54) is 17.0 Å². The van der Waals surface area contributed by atoms with Crippen LogP contribution in [0.15, 0.2) is 48.5 Å². The van der Waals surface area contributed by atoms with Crippen LogP contribution in [0.25, 0.3) is 0 Å². The van der Waals surface area contributed by atoms with E-state index in [9.17, 15) is 18.0 Å². The van der Waals surface area contributed by atoms with E-state index in [4.69, 9.17) is 16.3 Å². The van der Waals surface area contributed by atoms with E-state index in [1.807, 2.05) is 32.9 Å². The summed E-state index contributed by atoms with van der Waals surface area (Å²) < 4.78 is 31.4. The lowest BCUT2D eigenvalue weighted by atomic mass is 10.1. The molecule has 0 aliphatic carbocycles. The number of methoxy groups -OCH3 is 1. The van der Waals surface area contributed by atoms with Crippen LogP contribution in [0, 0.1) is 0 Å². The number of carbonyl (C=O) groups is 2. The highest BCUT2D eigenvalue weighted by Gasteiger charge is 2.32. The lowest BCUT2D eigenvalue weighted by Gasteiger charge is -2.33. The number of ether oxygens (including phenoxy) is 1. The SMILES string of the molecule is CCC(C)NC(=O)C(CC)N(Cc1ccc(OC)cc1)C(=O)CN(c1ccc(Cl)cc1)S(C)(=O)=O. The van der Waals surface area contributed by atoms with E-state index >= 15 is 0 Å². The van der Waals surface area contributed by atoms with Crippen LogP contribution in [-0.2, 0) is 26.2 Å². The number of halogens is 1. The number of anilines is 1. The molecule has 0 aromatic heterocycles. The summed E-state index contributed by atoms with van der Waals surface area (Å²) in [5, 5.41) is 3.39. The van der Waals surface area contributed by atoms with Gasteiger partial charge in [0.15, 0.2) is 0 Å². The van der Waals surface area contributed by atoms with E-state index in [-0.39, 0.29) is 18.5 Å². The Morgan fingerprint density at radius 3 is 2.11 bits per heavy atom. The number of hydrogen-bond acceptors (Lipinski definition) is 5. The highest BCUT2D eigenvalue weighted by molar-refractivity contribution is 7.92. The second kappa shape index (κ2) is 12.8. The summed E-state index contributed by atoms with van der Waals surface area (Å²) in [7, 11) is -2.23. The normalized spacial score (nSPS) is 13.0. The number of sulfonamides is 1. The first-order chi connectivity index (χ1) is 16.5. The third-order valence-electron chi connectivity index (χ3n) is 5.69. The van der Waals surface area contributed by atoms with Gasteiger partial charge in [-0.05, 0) is 61.7 Å². The molecule has 0 spiro atoms. The molecule has 2 rings (SSSR count). The first-order valence-corrected chi connectivity index (χ1v) is 13.7. The Morgan fingerprint density at radius 2 is 1.63 bits per heavy atom. The molecule has 35 heavy (non-hydrogen) atoms. The number of nitrogens with one attached hydrogen (secondary N) is 1. The largest absolute Gasteiger partial charge is 0.497 e. The lowest BCUT2D eigenvalue weighted by molar-refractivity contribution is -0.140. The van der Waals surface area contributed by atoms with Crippen molar-refractivity contribution in [2.75, 3.05) is 24.2 Å². The lowest BCUT2D eigenvalue weighted by Crippen LogP contribution is -2.53. The van der Waals surface area contributed by atoms with E-state index < -0.39 is 28.5 Å². The molecule has 0 saturated carbocycles. The number of hydrogen-bond donors (Lipinski definition) is 1. The molecule has 0 radical (unpaired) electrons. The van der Waals surface area contributed by atoms with Crippen LogP contribution in [0.3, 0.4) is 0 Å². The van der Waals surface area contributed by atoms with Gasteiger partial charge in [-0.15, -0.1) is 0 Å². The molecule has 1 N–H and O–H groups in total. The van der Waals surface area contributed by atoms with Crippen LogP contribution in [0.5, 0.6) is 5.75 Å². The summed E-state index contributed by atoms with van der Waals surface area (Å²) in [5.74, 6) is -0.104. The molecular weight excluding hydrogens is 490 g/mol. The average Bonchev–Trinajstić information content (AvgIpc) is 2.82. The Labute approximate surface area is 213 Å². The maximum absolute atomic E-state index is 13.6. The summed E-state index contributed by atoms with van der Waals surface area (Å²) in [6.45, 7) is 5.36. The fourth-order valence-corrected chi connectivity index (χ4v) is 4.48. The molecule has 0 aliphatic heterocycles. The predicted molar refractivity (Wildman–Crippen MR) is 139 cm³/mol. The van der Waals surface area contributed by atoms with Crippen molar-refractivity contribution in [1.29, 1.82) is 0 Å². The monoisotopic (exact) mass is 523 g/mol. The van der Waals surface area contributed by atoms with Crippen LogP contribution in [0.1, 0.15) is 39.2 Å². The third-order valence-corrected chi connectivity index (χ3v) is 7.09. The van der Waals surface area contributed by atoms with Crippen molar-refractivity contribution in [1.82, 2.24) is 10.2 Å². The summed E-state index contributed by atoms with van der Waals surface area (Å²) in [6, 6.07) is 12.5. The van der Waals surface area contributed by atoms with E-state index in [2.05, 4.69) is 5.32 Å². The van der Waals surface area contributed by atoms with Crippen molar-refractivity contribution in [3.05, 3.63) is 59.1 Å². The maximum atomic E-state index is 13.6. The number of amides is 2. The molecule has 2 unspecified atom stereocenters. The van der Waals surface area contributed by atoms with Crippen LogP contribution in [-0.4, -0.2) is 57.1 Å². The molecule has 2 amide bonds. The van der Waals surface area contributed by atoms with Gasteiger partial charge in [0.2, 0.25) is 21.8 Å². The van der Waals surface area contributed by atoms with Crippen molar-refractivity contribution >= 4 is 39.1 Å². The van der Waals surface area contributed by atoms with Crippen molar-refractivity contribution in [2.24, 2.45) is 0 Å². The van der Waals surface area contributed by atoms with Crippen LogP contribution in [0.4, 0.5) is 5.69 Å². The topological polar surface area (TPSA) is 96.0 Å². The minimum Gasteiger partial charge on any atom is -0.497 e. The zero-order valence-corrected chi connectivity index (χ0v) is 22.4. The Bertz CT molecular complexity index is 1090. The second-order valence-electron chi connectivity index (χ2n) is 8.36. The van der Waals surface area contributed by atoms with Crippen LogP contribution < -0.4 is 14.4 Å². The highest BCUT2D eigenvalue weighted by Crippen LogP contribution is 2.22.